The van der Waals surface area contributed by atoms with Crippen molar-refractivity contribution in [3.05, 3.63) is 68.8 Å². The first-order chi connectivity index (χ1) is 13.2. The molecular weight excluding hydrogens is 346 g/mol. The number of hydrogen-bond acceptors (Lipinski definition) is 6. The van der Waals surface area contributed by atoms with Gasteiger partial charge in [-0.2, -0.15) is 0 Å². The number of ether oxygens (including phenoxy) is 1. The van der Waals surface area contributed by atoms with Crippen LogP contribution in [0.5, 0.6) is 5.88 Å². The van der Waals surface area contributed by atoms with Crippen LogP contribution in [0.2, 0.25) is 0 Å². The molecule has 27 heavy (non-hydrogen) atoms. The molecule has 0 bridgehead atoms. The van der Waals surface area contributed by atoms with Gasteiger partial charge in [0.2, 0.25) is 5.88 Å². The molecule has 0 amide bonds. The third-order valence-corrected chi connectivity index (χ3v) is 4.33. The van der Waals surface area contributed by atoms with Crippen molar-refractivity contribution in [1.29, 1.82) is 0 Å². The van der Waals surface area contributed by atoms with Crippen molar-refractivity contribution in [1.82, 2.24) is 25.1 Å². The summed E-state index contributed by atoms with van der Waals surface area (Å²) in [7, 11) is 1.53. The highest BCUT2D eigenvalue weighted by atomic mass is 16.5. The summed E-state index contributed by atoms with van der Waals surface area (Å²) in [6, 6.07) is 5.52. The van der Waals surface area contributed by atoms with Gasteiger partial charge in [0.05, 0.1) is 12.7 Å². The monoisotopic (exact) mass is 361 g/mol. The molecule has 3 aromatic heterocycles. The second kappa shape index (κ2) is 6.88. The zero-order valence-corrected chi connectivity index (χ0v) is 14.4. The Hall–Kier alpha value is -3.73. The quantitative estimate of drug-likeness (QED) is 0.675. The van der Waals surface area contributed by atoms with E-state index in [2.05, 4.69) is 37.0 Å². The minimum atomic E-state index is -0.571. The van der Waals surface area contributed by atoms with Crippen LogP contribution in [0, 0.1) is 17.8 Å². The lowest BCUT2D eigenvalue weighted by Crippen LogP contribution is -2.23. The summed E-state index contributed by atoms with van der Waals surface area (Å²) in [6.07, 6.45) is 5.63. The van der Waals surface area contributed by atoms with Crippen molar-refractivity contribution in [2.75, 3.05) is 7.11 Å². The van der Waals surface area contributed by atoms with Crippen LogP contribution in [0.4, 0.5) is 0 Å². The van der Waals surface area contributed by atoms with Crippen molar-refractivity contribution < 1.29 is 4.74 Å². The van der Waals surface area contributed by atoms with Crippen LogP contribution in [0.3, 0.4) is 0 Å². The molecule has 4 rings (SSSR count). The van der Waals surface area contributed by atoms with Crippen molar-refractivity contribution in [3.63, 3.8) is 0 Å². The third-order valence-electron chi connectivity index (χ3n) is 4.33. The third kappa shape index (κ3) is 3.48. The lowest BCUT2D eigenvalue weighted by Gasteiger charge is -2.07. The lowest BCUT2D eigenvalue weighted by atomic mass is 10.1. The fraction of sp³-hybridized carbons (Fsp3) is 0.211. The number of methoxy groups -OCH3 is 1. The number of pyridine rings is 1. The smallest absolute Gasteiger partial charge is 0.325 e. The summed E-state index contributed by atoms with van der Waals surface area (Å²) in [6.45, 7) is 0. The number of H-pyrrole nitrogens is 2. The van der Waals surface area contributed by atoms with Crippen LogP contribution >= 0.6 is 0 Å². The summed E-state index contributed by atoms with van der Waals surface area (Å²) in [5.74, 6) is 7.10. The van der Waals surface area contributed by atoms with Crippen LogP contribution in [-0.2, 0) is 0 Å². The van der Waals surface area contributed by atoms with Crippen molar-refractivity contribution in [2.24, 2.45) is 5.92 Å². The van der Waals surface area contributed by atoms with Crippen LogP contribution in [0.25, 0.3) is 11.3 Å². The fourth-order valence-electron chi connectivity index (χ4n) is 2.86. The highest BCUT2D eigenvalue weighted by Gasteiger charge is 2.40. The van der Waals surface area contributed by atoms with Gasteiger partial charge in [-0.15, -0.1) is 10.2 Å². The summed E-state index contributed by atoms with van der Waals surface area (Å²) >= 11 is 0. The van der Waals surface area contributed by atoms with Crippen molar-refractivity contribution >= 4 is 0 Å². The van der Waals surface area contributed by atoms with Crippen LogP contribution in [0.15, 0.2) is 46.4 Å². The lowest BCUT2D eigenvalue weighted by molar-refractivity contribution is 0.386. The van der Waals surface area contributed by atoms with Gasteiger partial charge in [-0.25, -0.2) is 4.79 Å². The summed E-state index contributed by atoms with van der Waals surface area (Å²) < 4.78 is 5.32. The van der Waals surface area contributed by atoms with E-state index in [0.717, 1.165) is 17.5 Å². The second-order valence-corrected chi connectivity index (χ2v) is 6.14. The molecule has 3 aromatic rings. The molecule has 0 aliphatic heterocycles. The Balaban J connectivity index is 1.64. The summed E-state index contributed by atoms with van der Waals surface area (Å²) in [5, 5.41) is 8.11. The van der Waals surface area contributed by atoms with Crippen molar-refractivity contribution in [2.45, 2.75) is 12.3 Å². The van der Waals surface area contributed by atoms with Gasteiger partial charge in [-0.3, -0.25) is 14.8 Å². The largest absolute Gasteiger partial charge is 0.480 e. The molecule has 0 spiro atoms. The Morgan fingerprint density at radius 3 is 2.93 bits per heavy atom. The molecule has 1 aliphatic rings. The standard InChI is InChI=1S/C19H15N5O3/c1-27-18-14(13-7-12(13)5-4-11-3-2-6-20-9-11)8-16(23-24-18)15-10-21-19(26)22-17(15)25/h2-3,6,8-10,12-13H,7H2,1H3,(H2,21,22,25,26)/t12-,13-/m0/s1. The molecule has 134 valence electrons. The fourth-order valence-corrected chi connectivity index (χ4v) is 2.86. The normalized spacial score (nSPS) is 17.7. The minimum absolute atomic E-state index is 0.153. The van der Waals surface area contributed by atoms with Gasteiger partial charge in [0.25, 0.3) is 5.56 Å². The number of nitrogens with zero attached hydrogens (tertiary/aromatic N) is 3. The highest BCUT2D eigenvalue weighted by molar-refractivity contribution is 5.58. The number of hydrogen-bond donors (Lipinski definition) is 2. The first-order valence-corrected chi connectivity index (χ1v) is 8.31. The minimum Gasteiger partial charge on any atom is -0.480 e. The van der Waals surface area contributed by atoms with E-state index in [1.165, 1.54) is 13.3 Å². The second-order valence-electron chi connectivity index (χ2n) is 6.14. The van der Waals surface area contributed by atoms with Crippen LogP contribution < -0.4 is 16.0 Å². The first kappa shape index (κ1) is 16.7. The summed E-state index contributed by atoms with van der Waals surface area (Å²) in [4.78, 5) is 31.9. The zero-order valence-electron chi connectivity index (χ0n) is 14.4. The average molecular weight is 361 g/mol. The molecule has 3 heterocycles. The van der Waals surface area contributed by atoms with Gasteiger partial charge < -0.3 is 9.72 Å². The average Bonchev–Trinajstić information content (AvgIpc) is 3.46. The number of nitrogens with one attached hydrogen (secondary N) is 2. The van der Waals surface area contributed by atoms with E-state index >= 15 is 0 Å². The van der Waals surface area contributed by atoms with E-state index in [0.29, 0.717) is 11.6 Å². The van der Waals surface area contributed by atoms with E-state index in [-0.39, 0.29) is 17.4 Å². The first-order valence-electron chi connectivity index (χ1n) is 8.31. The Kier molecular flexibility index (Phi) is 4.26. The molecule has 2 atom stereocenters. The van der Waals surface area contributed by atoms with Gasteiger partial charge in [0, 0.05) is 41.6 Å². The van der Waals surface area contributed by atoms with E-state index in [1.807, 2.05) is 12.1 Å². The Morgan fingerprint density at radius 2 is 2.19 bits per heavy atom. The predicted octanol–water partition coefficient (Wildman–Crippen LogP) is 1.08. The number of rotatable bonds is 3. The van der Waals surface area contributed by atoms with Gasteiger partial charge in [-0.05, 0) is 24.6 Å². The van der Waals surface area contributed by atoms with Gasteiger partial charge in [0.15, 0.2) is 0 Å². The van der Waals surface area contributed by atoms with E-state index in [4.69, 9.17) is 4.74 Å². The molecule has 8 heteroatoms. The molecular formula is C19H15N5O3. The molecule has 1 saturated carbocycles. The molecule has 2 N–H and O–H groups in total. The number of aromatic nitrogens is 5. The topological polar surface area (TPSA) is 114 Å². The Morgan fingerprint density at radius 1 is 1.30 bits per heavy atom. The molecule has 0 radical (unpaired) electrons. The maximum absolute atomic E-state index is 12.0. The molecule has 1 aliphatic carbocycles. The Bertz CT molecular complexity index is 1160. The van der Waals surface area contributed by atoms with Gasteiger partial charge in [0.1, 0.15) is 5.69 Å². The molecule has 8 nitrogen and oxygen atoms in total. The highest BCUT2D eigenvalue weighted by Crippen LogP contribution is 2.49. The van der Waals surface area contributed by atoms with E-state index < -0.39 is 11.2 Å². The maximum atomic E-state index is 12.0. The molecule has 0 unspecified atom stereocenters. The van der Waals surface area contributed by atoms with Crippen LogP contribution in [0.1, 0.15) is 23.5 Å². The SMILES string of the molecule is COc1nnc(-c2c[nH]c(=O)[nH]c2=O)cc1[C@H]1C[C@@H]1C#Cc1cccnc1. The Labute approximate surface area is 153 Å². The van der Waals surface area contributed by atoms with Crippen LogP contribution in [-0.4, -0.2) is 32.3 Å². The zero-order chi connectivity index (χ0) is 18.8. The van der Waals surface area contributed by atoms with Crippen molar-refractivity contribution in [3.8, 4) is 29.0 Å². The summed E-state index contributed by atoms with van der Waals surface area (Å²) in [5.41, 5.74) is 1.23. The van der Waals surface area contributed by atoms with E-state index in [1.54, 1.807) is 18.5 Å². The predicted molar refractivity (Wildman–Crippen MR) is 97.2 cm³/mol. The molecule has 1 fully saturated rings. The van der Waals surface area contributed by atoms with Gasteiger partial charge >= 0.3 is 5.69 Å². The van der Waals surface area contributed by atoms with E-state index in [9.17, 15) is 9.59 Å². The number of aromatic amines is 2. The molecule has 0 aromatic carbocycles. The maximum Gasteiger partial charge on any atom is 0.325 e. The van der Waals surface area contributed by atoms with Gasteiger partial charge in [-0.1, -0.05) is 11.8 Å². The molecule has 0 saturated heterocycles.